The van der Waals surface area contributed by atoms with Gasteiger partial charge in [-0.25, -0.2) is 0 Å². The molecule has 2 amide bonds. The SMILES string of the molecule is CCc1cccc(N2C(=O)CS[C@H]2c2cccc(NC(=O)COc3ccc(Cl)cc3)c2)c1. The minimum absolute atomic E-state index is 0.0825. The van der Waals surface area contributed by atoms with Crippen LogP contribution in [0.4, 0.5) is 11.4 Å². The topological polar surface area (TPSA) is 58.6 Å². The van der Waals surface area contributed by atoms with Crippen LogP contribution in [0.3, 0.4) is 0 Å². The third-order valence-corrected chi connectivity index (χ3v) is 6.57. The molecule has 3 aromatic carbocycles. The van der Waals surface area contributed by atoms with Crippen molar-refractivity contribution in [3.8, 4) is 5.75 Å². The molecule has 164 valence electrons. The minimum Gasteiger partial charge on any atom is -0.484 e. The Hall–Kier alpha value is -2.96. The van der Waals surface area contributed by atoms with E-state index in [0.29, 0.717) is 22.2 Å². The highest BCUT2D eigenvalue weighted by Crippen LogP contribution is 2.42. The number of carbonyl (C=O) groups excluding carboxylic acids is 2. The van der Waals surface area contributed by atoms with Crippen molar-refractivity contribution in [2.75, 3.05) is 22.6 Å². The molecule has 0 radical (unpaired) electrons. The van der Waals surface area contributed by atoms with Crippen LogP contribution in [-0.4, -0.2) is 24.2 Å². The first kappa shape index (κ1) is 22.2. The zero-order valence-corrected chi connectivity index (χ0v) is 19.2. The highest BCUT2D eigenvalue weighted by Gasteiger charge is 2.34. The summed E-state index contributed by atoms with van der Waals surface area (Å²) in [6, 6.07) is 22.5. The van der Waals surface area contributed by atoms with Crippen LogP contribution in [-0.2, 0) is 16.0 Å². The summed E-state index contributed by atoms with van der Waals surface area (Å²) in [6.07, 6.45) is 0.910. The summed E-state index contributed by atoms with van der Waals surface area (Å²) < 4.78 is 5.51. The molecule has 1 atom stereocenters. The van der Waals surface area contributed by atoms with E-state index in [1.807, 2.05) is 41.3 Å². The maximum absolute atomic E-state index is 12.7. The highest BCUT2D eigenvalue weighted by molar-refractivity contribution is 8.00. The second-order valence-electron chi connectivity index (χ2n) is 7.37. The minimum atomic E-state index is -0.264. The van der Waals surface area contributed by atoms with Crippen LogP contribution in [0.15, 0.2) is 72.8 Å². The van der Waals surface area contributed by atoms with Gasteiger partial charge in [-0.05, 0) is 66.1 Å². The van der Waals surface area contributed by atoms with Crippen LogP contribution in [0.2, 0.25) is 5.02 Å². The number of halogens is 1. The summed E-state index contributed by atoms with van der Waals surface area (Å²) >= 11 is 7.45. The Kier molecular flexibility index (Phi) is 7.02. The molecule has 1 aliphatic heterocycles. The molecule has 4 rings (SSSR count). The average molecular weight is 467 g/mol. The summed E-state index contributed by atoms with van der Waals surface area (Å²) in [5.74, 6) is 0.815. The van der Waals surface area contributed by atoms with Gasteiger partial charge >= 0.3 is 0 Å². The number of nitrogens with zero attached hydrogens (tertiary/aromatic N) is 1. The first-order chi connectivity index (χ1) is 15.5. The molecule has 1 saturated heterocycles. The third-order valence-electron chi connectivity index (χ3n) is 5.10. The number of thioether (sulfide) groups is 1. The fourth-order valence-corrected chi connectivity index (χ4v) is 4.82. The molecule has 5 nitrogen and oxygen atoms in total. The molecule has 0 unspecified atom stereocenters. The second kappa shape index (κ2) is 10.1. The molecular weight excluding hydrogens is 444 g/mol. The van der Waals surface area contributed by atoms with Crippen LogP contribution in [0.5, 0.6) is 5.75 Å². The van der Waals surface area contributed by atoms with E-state index >= 15 is 0 Å². The van der Waals surface area contributed by atoms with Crippen LogP contribution < -0.4 is 15.0 Å². The normalized spacial score (nSPS) is 15.6. The molecule has 1 N–H and O–H groups in total. The van der Waals surface area contributed by atoms with Gasteiger partial charge in [0.05, 0.1) is 5.75 Å². The number of benzene rings is 3. The van der Waals surface area contributed by atoms with Gasteiger partial charge in [0.25, 0.3) is 5.91 Å². The van der Waals surface area contributed by atoms with Crippen molar-refractivity contribution < 1.29 is 14.3 Å². The van der Waals surface area contributed by atoms with Crippen molar-refractivity contribution >= 4 is 46.6 Å². The van der Waals surface area contributed by atoms with Crippen molar-refractivity contribution in [2.45, 2.75) is 18.7 Å². The number of anilines is 2. The molecular formula is C25H23ClN2O3S. The van der Waals surface area contributed by atoms with Gasteiger partial charge in [-0.1, -0.05) is 42.8 Å². The average Bonchev–Trinajstić information content (AvgIpc) is 3.20. The number of rotatable bonds is 7. The van der Waals surface area contributed by atoms with E-state index in [9.17, 15) is 9.59 Å². The summed E-state index contributed by atoms with van der Waals surface area (Å²) in [7, 11) is 0. The van der Waals surface area contributed by atoms with E-state index in [1.54, 1.807) is 36.0 Å². The van der Waals surface area contributed by atoms with E-state index < -0.39 is 0 Å². The van der Waals surface area contributed by atoms with E-state index in [0.717, 1.165) is 17.7 Å². The van der Waals surface area contributed by atoms with Gasteiger partial charge in [0.15, 0.2) is 6.61 Å². The lowest BCUT2D eigenvalue weighted by atomic mass is 10.1. The van der Waals surface area contributed by atoms with Crippen LogP contribution in [0, 0.1) is 0 Å². The first-order valence-electron chi connectivity index (χ1n) is 10.3. The lowest BCUT2D eigenvalue weighted by molar-refractivity contribution is -0.118. The van der Waals surface area contributed by atoms with Crippen molar-refractivity contribution in [3.63, 3.8) is 0 Å². The van der Waals surface area contributed by atoms with Gasteiger partial charge in [0.2, 0.25) is 5.91 Å². The van der Waals surface area contributed by atoms with E-state index in [2.05, 4.69) is 24.4 Å². The van der Waals surface area contributed by atoms with Gasteiger partial charge in [-0.2, -0.15) is 0 Å². The molecule has 0 spiro atoms. The molecule has 0 aromatic heterocycles. The molecule has 0 bridgehead atoms. The molecule has 1 fully saturated rings. The van der Waals surface area contributed by atoms with Crippen molar-refractivity contribution in [1.82, 2.24) is 0 Å². The van der Waals surface area contributed by atoms with Crippen LogP contribution >= 0.6 is 23.4 Å². The van der Waals surface area contributed by atoms with Gasteiger partial charge in [0.1, 0.15) is 11.1 Å². The van der Waals surface area contributed by atoms with Crippen LogP contribution in [0.25, 0.3) is 0 Å². The Bertz CT molecular complexity index is 1120. The maximum atomic E-state index is 12.7. The Morgan fingerprint density at radius 3 is 2.69 bits per heavy atom. The number of carbonyl (C=O) groups is 2. The lowest BCUT2D eigenvalue weighted by Gasteiger charge is -2.25. The maximum Gasteiger partial charge on any atom is 0.262 e. The van der Waals surface area contributed by atoms with Crippen molar-refractivity contribution in [3.05, 3.63) is 88.9 Å². The standard InChI is InChI=1S/C25H23ClN2O3S/c1-2-17-5-3-8-21(13-17)28-24(30)16-32-25(28)18-6-4-7-20(14-18)27-23(29)15-31-22-11-9-19(26)10-12-22/h3-14,25H,2,15-16H2,1H3,(H,27,29)/t25-/m0/s1. The van der Waals surface area contributed by atoms with E-state index in [4.69, 9.17) is 16.3 Å². The van der Waals surface area contributed by atoms with E-state index in [-0.39, 0.29) is 23.8 Å². The van der Waals surface area contributed by atoms with Crippen molar-refractivity contribution in [2.24, 2.45) is 0 Å². The fraction of sp³-hybridized carbons (Fsp3) is 0.200. The van der Waals surface area contributed by atoms with Crippen molar-refractivity contribution in [1.29, 1.82) is 0 Å². The summed E-state index contributed by atoms with van der Waals surface area (Å²) in [5.41, 5.74) is 3.70. The second-order valence-corrected chi connectivity index (χ2v) is 8.87. The zero-order valence-electron chi connectivity index (χ0n) is 17.6. The molecule has 0 aliphatic carbocycles. The van der Waals surface area contributed by atoms with Crippen LogP contribution in [0.1, 0.15) is 23.4 Å². The Morgan fingerprint density at radius 2 is 1.91 bits per heavy atom. The zero-order chi connectivity index (χ0) is 22.5. The molecule has 0 saturated carbocycles. The Morgan fingerprint density at radius 1 is 1.12 bits per heavy atom. The predicted octanol–water partition coefficient (Wildman–Crippen LogP) is 5.70. The summed E-state index contributed by atoms with van der Waals surface area (Å²) in [6.45, 7) is 1.98. The van der Waals surface area contributed by atoms with Gasteiger partial charge in [-0.3, -0.25) is 14.5 Å². The quantitative estimate of drug-likeness (QED) is 0.485. The fourth-order valence-electron chi connectivity index (χ4n) is 3.52. The monoisotopic (exact) mass is 466 g/mol. The smallest absolute Gasteiger partial charge is 0.262 e. The molecule has 1 heterocycles. The third kappa shape index (κ3) is 5.26. The number of aryl methyl sites for hydroxylation is 1. The number of hydrogen-bond acceptors (Lipinski definition) is 4. The predicted molar refractivity (Wildman–Crippen MR) is 131 cm³/mol. The Labute approximate surface area is 196 Å². The van der Waals surface area contributed by atoms with Gasteiger partial charge < -0.3 is 10.1 Å². The van der Waals surface area contributed by atoms with Gasteiger partial charge in [-0.15, -0.1) is 11.8 Å². The summed E-state index contributed by atoms with van der Waals surface area (Å²) in [4.78, 5) is 26.9. The Balaban J connectivity index is 1.46. The molecule has 1 aliphatic rings. The summed E-state index contributed by atoms with van der Waals surface area (Å²) in [5, 5.41) is 3.34. The van der Waals surface area contributed by atoms with Gasteiger partial charge in [0, 0.05) is 16.4 Å². The molecule has 32 heavy (non-hydrogen) atoms. The number of ether oxygens (including phenoxy) is 1. The number of amides is 2. The van der Waals surface area contributed by atoms with E-state index in [1.165, 1.54) is 5.56 Å². The molecule has 3 aromatic rings. The molecule has 7 heteroatoms. The lowest BCUT2D eigenvalue weighted by Crippen LogP contribution is -2.28. The first-order valence-corrected chi connectivity index (χ1v) is 11.8. The number of hydrogen-bond donors (Lipinski definition) is 1. The number of nitrogens with one attached hydrogen (secondary N) is 1. The largest absolute Gasteiger partial charge is 0.484 e. The highest BCUT2D eigenvalue weighted by atomic mass is 35.5.